The van der Waals surface area contributed by atoms with E-state index in [0.717, 1.165) is 27.1 Å². The van der Waals surface area contributed by atoms with Gasteiger partial charge in [0.2, 0.25) is 5.88 Å². The molecule has 1 heterocycles. The number of para-hydroxylation sites is 1. The number of nitrogens with zero attached hydrogens (tertiary/aromatic N) is 1. The second kappa shape index (κ2) is 7.86. The van der Waals surface area contributed by atoms with E-state index in [1.165, 1.54) is 6.08 Å². The summed E-state index contributed by atoms with van der Waals surface area (Å²) in [4.78, 5) is 25.0. The summed E-state index contributed by atoms with van der Waals surface area (Å²) in [6.45, 7) is 0. The number of hydrogen-bond donors (Lipinski definition) is 3. The molecule has 0 spiro atoms. The first-order valence-electron chi connectivity index (χ1n) is 8.64. The molecule has 3 N–H and O–H groups in total. The number of allylic oxidation sites excluding steroid dienone is 2. The highest BCUT2D eigenvalue weighted by molar-refractivity contribution is 7.73. The van der Waals surface area contributed by atoms with Crippen LogP contribution in [0.15, 0.2) is 60.7 Å². The average molecular weight is 422 g/mol. The Morgan fingerprint density at radius 1 is 1.07 bits per heavy atom. The molecule has 0 fully saturated rings. The number of benzene rings is 2. The van der Waals surface area contributed by atoms with Crippen molar-refractivity contribution < 1.29 is 14.7 Å². The van der Waals surface area contributed by atoms with Crippen LogP contribution in [0, 0.1) is 3.95 Å². The Bertz CT molecular complexity index is 1220. The molecule has 2 amide bonds. The maximum atomic E-state index is 12.4. The van der Waals surface area contributed by atoms with Crippen LogP contribution in [-0.4, -0.2) is 21.6 Å². The number of thiazole rings is 1. The fraction of sp³-hybridized carbons (Fsp3) is 0. The largest absolute Gasteiger partial charge is 0.492 e. The first-order valence-corrected chi connectivity index (χ1v) is 9.87. The molecule has 144 valence electrons. The summed E-state index contributed by atoms with van der Waals surface area (Å²) < 4.78 is 1.35. The molecule has 1 aliphatic rings. The fourth-order valence-corrected chi connectivity index (χ4v) is 4.08. The molecule has 29 heavy (non-hydrogen) atoms. The maximum Gasteiger partial charge on any atom is 0.338 e. The van der Waals surface area contributed by atoms with E-state index in [1.54, 1.807) is 36.4 Å². The van der Waals surface area contributed by atoms with E-state index in [2.05, 4.69) is 10.7 Å². The van der Waals surface area contributed by atoms with E-state index in [4.69, 9.17) is 12.2 Å². The maximum absolute atomic E-state index is 12.4. The Morgan fingerprint density at radius 3 is 2.59 bits per heavy atom. The van der Waals surface area contributed by atoms with E-state index < -0.39 is 6.03 Å². The molecule has 1 aromatic heterocycles. The molecule has 0 atom stereocenters. The highest BCUT2D eigenvalue weighted by atomic mass is 32.1. The van der Waals surface area contributed by atoms with Crippen molar-refractivity contribution in [2.24, 2.45) is 0 Å². The zero-order valence-corrected chi connectivity index (χ0v) is 16.6. The lowest BCUT2D eigenvalue weighted by molar-refractivity contribution is -0.109. The van der Waals surface area contributed by atoms with Crippen LogP contribution in [0.4, 0.5) is 10.5 Å². The molecule has 0 saturated carbocycles. The van der Waals surface area contributed by atoms with E-state index in [9.17, 15) is 14.7 Å². The lowest BCUT2D eigenvalue weighted by atomic mass is 9.91. The molecule has 0 radical (unpaired) electrons. The van der Waals surface area contributed by atoms with Crippen LogP contribution in [0.5, 0.6) is 5.88 Å². The van der Waals surface area contributed by atoms with Gasteiger partial charge in [-0.1, -0.05) is 59.9 Å². The highest BCUT2D eigenvalue weighted by Gasteiger charge is 2.19. The van der Waals surface area contributed by atoms with Gasteiger partial charge in [0.25, 0.3) is 0 Å². The van der Waals surface area contributed by atoms with Gasteiger partial charge in [-0.05, 0) is 47.6 Å². The van der Waals surface area contributed by atoms with E-state index in [1.807, 2.05) is 30.3 Å². The van der Waals surface area contributed by atoms with E-state index >= 15 is 0 Å². The third-order valence-corrected chi connectivity index (χ3v) is 5.57. The molecule has 0 saturated heterocycles. The van der Waals surface area contributed by atoms with Crippen LogP contribution in [-0.2, 0) is 4.79 Å². The Balaban J connectivity index is 1.63. The van der Waals surface area contributed by atoms with Gasteiger partial charge in [0.05, 0.1) is 4.88 Å². The van der Waals surface area contributed by atoms with Crippen LogP contribution >= 0.6 is 23.6 Å². The molecule has 6 nitrogen and oxygen atoms in total. The Labute approximate surface area is 175 Å². The summed E-state index contributed by atoms with van der Waals surface area (Å²) in [5, 5.41) is 13.2. The van der Waals surface area contributed by atoms with Crippen molar-refractivity contribution in [3.05, 3.63) is 80.6 Å². The van der Waals surface area contributed by atoms with Gasteiger partial charge >= 0.3 is 6.03 Å². The van der Waals surface area contributed by atoms with E-state index in [0.29, 0.717) is 16.1 Å². The normalized spacial score (nSPS) is 13.9. The molecule has 0 unspecified atom stereocenters. The predicted molar refractivity (Wildman–Crippen MR) is 118 cm³/mol. The number of carbonyl (C=O) groups excluding carboxylic acids is 2. The number of fused-ring (bicyclic) bond motifs is 1. The number of anilines is 1. The zero-order valence-electron chi connectivity index (χ0n) is 15.0. The van der Waals surface area contributed by atoms with Crippen LogP contribution in [0.25, 0.3) is 17.7 Å². The number of carbonyl (C=O) groups is 2. The number of hydrogen-bond acceptors (Lipinski definition) is 5. The third-order valence-electron chi connectivity index (χ3n) is 4.26. The Kier molecular flexibility index (Phi) is 5.11. The number of rotatable bonds is 3. The average Bonchev–Trinajstić information content (AvgIpc) is 2.98. The monoisotopic (exact) mass is 421 g/mol. The van der Waals surface area contributed by atoms with Crippen LogP contribution in [0.2, 0.25) is 0 Å². The van der Waals surface area contributed by atoms with Crippen LogP contribution < -0.4 is 10.7 Å². The second-order valence-corrected chi connectivity index (χ2v) is 7.84. The summed E-state index contributed by atoms with van der Waals surface area (Å²) >= 11 is 6.36. The van der Waals surface area contributed by atoms with E-state index in [-0.39, 0.29) is 15.6 Å². The predicted octanol–water partition coefficient (Wildman–Crippen LogP) is 4.90. The molecular formula is C21H15N3O3S2. The van der Waals surface area contributed by atoms with Crippen molar-refractivity contribution in [2.75, 3.05) is 10.7 Å². The molecule has 8 heteroatoms. The molecule has 2 aromatic carbocycles. The number of urea groups is 1. The van der Waals surface area contributed by atoms with Gasteiger partial charge in [-0.2, -0.15) is 4.68 Å². The molecule has 3 aromatic rings. The summed E-state index contributed by atoms with van der Waals surface area (Å²) in [7, 11) is 0. The number of nitrogens with one attached hydrogen (secondary N) is 2. The zero-order chi connectivity index (χ0) is 20.4. The van der Waals surface area contributed by atoms with Gasteiger partial charge in [-0.15, -0.1) is 0 Å². The van der Waals surface area contributed by atoms with Crippen molar-refractivity contribution in [3.8, 4) is 5.88 Å². The molecule has 4 rings (SSSR count). The van der Waals surface area contributed by atoms with Gasteiger partial charge in [-0.25, -0.2) is 10.2 Å². The Morgan fingerprint density at radius 2 is 1.79 bits per heavy atom. The fourth-order valence-electron chi connectivity index (χ4n) is 2.91. The molecule has 0 aliphatic heterocycles. The smallest absolute Gasteiger partial charge is 0.338 e. The quantitative estimate of drug-likeness (QED) is 0.415. The second-order valence-electron chi connectivity index (χ2n) is 6.17. The molecule has 0 bridgehead atoms. The van der Waals surface area contributed by atoms with Gasteiger partial charge in [-0.3, -0.25) is 4.79 Å². The van der Waals surface area contributed by atoms with Gasteiger partial charge in [0.15, 0.2) is 9.74 Å². The lowest BCUT2D eigenvalue weighted by Gasteiger charge is -2.12. The minimum atomic E-state index is -0.554. The van der Waals surface area contributed by atoms with Gasteiger partial charge < -0.3 is 10.4 Å². The van der Waals surface area contributed by atoms with Crippen molar-refractivity contribution in [3.63, 3.8) is 0 Å². The topological polar surface area (TPSA) is 83.4 Å². The number of amides is 2. The number of aromatic nitrogens is 1. The van der Waals surface area contributed by atoms with Gasteiger partial charge in [0.1, 0.15) is 0 Å². The molecule has 1 aliphatic carbocycles. The summed E-state index contributed by atoms with van der Waals surface area (Å²) in [5.74, 6) is -0.403. The minimum Gasteiger partial charge on any atom is -0.492 e. The van der Waals surface area contributed by atoms with Crippen molar-refractivity contribution >= 4 is 58.8 Å². The van der Waals surface area contributed by atoms with Crippen molar-refractivity contribution in [2.45, 2.75) is 0 Å². The Hall–Kier alpha value is -3.49. The lowest BCUT2D eigenvalue weighted by Crippen LogP contribution is -2.27. The van der Waals surface area contributed by atoms with Crippen molar-refractivity contribution in [1.29, 1.82) is 0 Å². The van der Waals surface area contributed by atoms with Crippen LogP contribution in [0.1, 0.15) is 16.0 Å². The first-order chi connectivity index (χ1) is 14.0. The minimum absolute atomic E-state index is 0.163. The SMILES string of the molecule is O=C(Nc1ccccc1)Nn1c(O)c(C=C2C(=O)C=Cc3ccccc32)sc1=S. The van der Waals surface area contributed by atoms with Gasteiger partial charge in [0, 0.05) is 11.3 Å². The summed E-state index contributed by atoms with van der Waals surface area (Å²) in [6, 6.07) is 15.8. The standard InChI is InChI=1S/C21H15N3O3S2/c25-17-11-10-13-6-4-5-9-15(13)16(17)12-18-19(26)24(21(28)29-18)23-20(27)22-14-7-2-1-3-8-14/h1-12,26H,(H2,22,23,27). The third kappa shape index (κ3) is 3.89. The van der Waals surface area contributed by atoms with Crippen LogP contribution in [0.3, 0.4) is 0 Å². The number of aromatic hydroxyl groups is 1. The summed E-state index contributed by atoms with van der Waals surface area (Å²) in [5.41, 5.74) is 5.26. The first kappa shape index (κ1) is 18.9. The highest BCUT2D eigenvalue weighted by Crippen LogP contribution is 2.33. The van der Waals surface area contributed by atoms with Crippen molar-refractivity contribution in [1.82, 2.24) is 4.68 Å². The number of ketones is 1. The summed E-state index contributed by atoms with van der Waals surface area (Å²) in [6.07, 6.45) is 4.85. The molecular weight excluding hydrogens is 406 g/mol.